The first kappa shape index (κ1) is 12.7. The van der Waals surface area contributed by atoms with E-state index in [2.05, 4.69) is 5.92 Å². The van der Waals surface area contributed by atoms with Crippen molar-refractivity contribution in [2.45, 2.75) is 0 Å². The first-order chi connectivity index (χ1) is 8.13. The van der Waals surface area contributed by atoms with E-state index in [1.165, 1.54) is 21.3 Å². The number of methoxy groups -OCH3 is 3. The van der Waals surface area contributed by atoms with E-state index >= 15 is 0 Å². The highest BCUT2D eigenvalue weighted by Gasteiger charge is 2.14. The molecule has 0 aliphatic carbocycles. The van der Waals surface area contributed by atoms with Crippen LogP contribution in [-0.2, 0) is 4.79 Å². The second-order valence-electron chi connectivity index (χ2n) is 2.94. The fourth-order valence-electron chi connectivity index (χ4n) is 1.32. The van der Waals surface area contributed by atoms with Gasteiger partial charge in [0.25, 0.3) is 0 Å². The minimum absolute atomic E-state index is 0.348. The Bertz CT molecular complexity index is 482. The number of ether oxygens (including phenoxy) is 3. The van der Waals surface area contributed by atoms with Gasteiger partial charge in [-0.05, 0) is 12.1 Å². The van der Waals surface area contributed by atoms with Crippen LogP contribution < -0.4 is 14.2 Å². The monoisotopic (exact) mass is 236 g/mol. The van der Waals surface area contributed by atoms with Crippen molar-refractivity contribution in [1.82, 2.24) is 0 Å². The molecular formula is C12H12O5. The van der Waals surface area contributed by atoms with Crippen molar-refractivity contribution in [1.29, 1.82) is 0 Å². The summed E-state index contributed by atoms with van der Waals surface area (Å²) in [5.74, 6) is 4.51. The Kier molecular flexibility index (Phi) is 4.23. The summed E-state index contributed by atoms with van der Waals surface area (Å²) in [7, 11) is 4.41. The van der Waals surface area contributed by atoms with E-state index in [9.17, 15) is 4.79 Å². The fourth-order valence-corrected chi connectivity index (χ4v) is 1.32. The number of hydrogen-bond acceptors (Lipinski definition) is 4. The molecule has 0 unspecified atom stereocenters. The number of hydrogen-bond donors (Lipinski definition) is 1. The molecule has 0 aliphatic rings. The summed E-state index contributed by atoms with van der Waals surface area (Å²) >= 11 is 0. The highest BCUT2D eigenvalue weighted by atomic mass is 16.5. The van der Waals surface area contributed by atoms with Gasteiger partial charge in [-0.15, -0.1) is 0 Å². The van der Waals surface area contributed by atoms with E-state index < -0.39 is 5.97 Å². The maximum absolute atomic E-state index is 10.4. The van der Waals surface area contributed by atoms with E-state index in [0.29, 0.717) is 22.8 Å². The lowest BCUT2D eigenvalue weighted by Crippen LogP contribution is -1.97. The van der Waals surface area contributed by atoms with E-state index in [-0.39, 0.29) is 0 Å². The van der Waals surface area contributed by atoms with Crippen LogP contribution in [0.25, 0.3) is 0 Å². The Balaban J connectivity index is 3.34. The normalized spacial score (nSPS) is 8.88. The zero-order valence-corrected chi connectivity index (χ0v) is 9.73. The zero-order chi connectivity index (χ0) is 12.8. The van der Waals surface area contributed by atoms with Crippen molar-refractivity contribution in [3.63, 3.8) is 0 Å². The third-order valence-electron chi connectivity index (χ3n) is 2.01. The van der Waals surface area contributed by atoms with Crippen LogP contribution in [0.5, 0.6) is 17.2 Å². The minimum Gasteiger partial charge on any atom is -0.493 e. The number of carboxylic acid groups (broad SMARTS) is 1. The van der Waals surface area contributed by atoms with Crippen LogP contribution in [-0.4, -0.2) is 32.4 Å². The van der Waals surface area contributed by atoms with Crippen LogP contribution in [0, 0.1) is 11.8 Å². The van der Waals surface area contributed by atoms with Gasteiger partial charge in [0.1, 0.15) is 0 Å². The molecule has 0 bridgehead atoms. The van der Waals surface area contributed by atoms with Crippen molar-refractivity contribution in [2.24, 2.45) is 0 Å². The molecule has 0 heterocycles. The minimum atomic E-state index is -1.21. The van der Waals surface area contributed by atoms with E-state index in [1.807, 2.05) is 5.92 Å². The van der Waals surface area contributed by atoms with Crippen molar-refractivity contribution in [2.75, 3.05) is 21.3 Å². The molecule has 0 aliphatic heterocycles. The molecule has 0 amide bonds. The van der Waals surface area contributed by atoms with Gasteiger partial charge >= 0.3 is 5.97 Å². The van der Waals surface area contributed by atoms with Gasteiger partial charge in [0.2, 0.25) is 5.75 Å². The maximum atomic E-state index is 10.4. The molecule has 0 saturated carbocycles. The van der Waals surface area contributed by atoms with Crippen molar-refractivity contribution >= 4 is 5.97 Å². The molecule has 1 aromatic rings. The van der Waals surface area contributed by atoms with Gasteiger partial charge in [-0.25, -0.2) is 4.79 Å². The van der Waals surface area contributed by atoms with Gasteiger partial charge in [0.15, 0.2) is 11.5 Å². The molecule has 0 radical (unpaired) electrons. The van der Waals surface area contributed by atoms with E-state index in [1.54, 1.807) is 12.1 Å². The fraction of sp³-hybridized carbons (Fsp3) is 0.250. The second-order valence-corrected chi connectivity index (χ2v) is 2.94. The standard InChI is InChI=1S/C12H12O5/c1-15-9-6-4-8(5-7-10(13)14)11(16-2)12(9)17-3/h4,6H,1-3H3,(H,13,14). The summed E-state index contributed by atoms with van der Waals surface area (Å²) in [5.41, 5.74) is 0.424. The predicted octanol–water partition coefficient (Wildman–Crippen LogP) is 1.15. The smallest absolute Gasteiger partial charge is 0.382 e. The lowest BCUT2D eigenvalue weighted by atomic mass is 10.1. The van der Waals surface area contributed by atoms with Crippen molar-refractivity contribution < 1.29 is 24.1 Å². The van der Waals surface area contributed by atoms with Crippen LogP contribution in [0.15, 0.2) is 12.1 Å². The van der Waals surface area contributed by atoms with Gasteiger partial charge < -0.3 is 19.3 Å². The Morgan fingerprint density at radius 3 is 2.24 bits per heavy atom. The summed E-state index contributed by atoms with van der Waals surface area (Å²) in [6.45, 7) is 0. The van der Waals surface area contributed by atoms with E-state index in [0.717, 1.165) is 0 Å². The molecule has 0 saturated heterocycles. The quantitative estimate of drug-likeness (QED) is 0.797. The van der Waals surface area contributed by atoms with Crippen molar-refractivity contribution in [3.8, 4) is 29.1 Å². The maximum Gasteiger partial charge on any atom is 0.382 e. The SMILES string of the molecule is COc1ccc(C#CC(=O)O)c(OC)c1OC. The molecule has 1 rings (SSSR count). The summed E-state index contributed by atoms with van der Waals surface area (Å²) in [4.78, 5) is 10.4. The van der Waals surface area contributed by atoms with Gasteiger partial charge in [-0.2, -0.15) is 0 Å². The average molecular weight is 236 g/mol. The summed E-state index contributed by atoms with van der Waals surface area (Å²) in [6, 6.07) is 3.24. The first-order valence-electron chi connectivity index (χ1n) is 4.68. The predicted molar refractivity (Wildman–Crippen MR) is 60.6 cm³/mol. The average Bonchev–Trinajstić information content (AvgIpc) is 2.34. The first-order valence-corrected chi connectivity index (χ1v) is 4.68. The molecule has 0 aromatic heterocycles. The highest BCUT2D eigenvalue weighted by Crippen LogP contribution is 2.39. The number of carboxylic acids is 1. The van der Waals surface area contributed by atoms with Crippen molar-refractivity contribution in [3.05, 3.63) is 17.7 Å². The molecule has 0 atom stereocenters. The van der Waals surface area contributed by atoms with Crippen LogP contribution in [0.1, 0.15) is 5.56 Å². The largest absolute Gasteiger partial charge is 0.493 e. The van der Waals surface area contributed by atoms with Gasteiger partial charge in [-0.1, -0.05) is 5.92 Å². The van der Waals surface area contributed by atoms with Gasteiger partial charge in [0.05, 0.1) is 26.9 Å². The van der Waals surface area contributed by atoms with Crippen LogP contribution in [0.2, 0.25) is 0 Å². The summed E-state index contributed by atoms with van der Waals surface area (Å²) < 4.78 is 15.4. The highest BCUT2D eigenvalue weighted by molar-refractivity contribution is 5.87. The number of carbonyl (C=O) groups is 1. The second kappa shape index (κ2) is 5.66. The Labute approximate surface area is 98.9 Å². The molecule has 1 N–H and O–H groups in total. The van der Waals surface area contributed by atoms with Crippen LogP contribution >= 0.6 is 0 Å². The molecule has 17 heavy (non-hydrogen) atoms. The van der Waals surface area contributed by atoms with Gasteiger partial charge in [0, 0.05) is 5.92 Å². The third kappa shape index (κ3) is 2.82. The van der Waals surface area contributed by atoms with Gasteiger partial charge in [-0.3, -0.25) is 0 Å². The number of rotatable bonds is 3. The number of benzene rings is 1. The molecule has 1 aromatic carbocycles. The lowest BCUT2D eigenvalue weighted by Gasteiger charge is -2.12. The third-order valence-corrected chi connectivity index (χ3v) is 2.01. The Morgan fingerprint density at radius 2 is 1.76 bits per heavy atom. The summed E-state index contributed by atoms with van der Waals surface area (Å²) in [6.07, 6.45) is 0. The Morgan fingerprint density at radius 1 is 1.12 bits per heavy atom. The zero-order valence-electron chi connectivity index (χ0n) is 9.73. The molecule has 5 nitrogen and oxygen atoms in total. The molecule has 0 fully saturated rings. The van der Waals surface area contributed by atoms with E-state index in [4.69, 9.17) is 19.3 Å². The lowest BCUT2D eigenvalue weighted by molar-refractivity contribution is -0.130. The number of aliphatic carboxylic acids is 1. The molecule has 5 heteroatoms. The molecule has 0 spiro atoms. The topological polar surface area (TPSA) is 65.0 Å². The molecular weight excluding hydrogens is 224 g/mol. The Hall–Kier alpha value is -2.35. The van der Waals surface area contributed by atoms with Crippen LogP contribution in [0.3, 0.4) is 0 Å². The molecule has 90 valence electrons. The van der Waals surface area contributed by atoms with Crippen LogP contribution in [0.4, 0.5) is 0 Å². The summed E-state index contributed by atoms with van der Waals surface area (Å²) in [5, 5.41) is 8.50.